The first-order valence-electron chi connectivity index (χ1n) is 11.5. The van der Waals surface area contributed by atoms with Gasteiger partial charge in [-0.15, -0.1) is 0 Å². The van der Waals surface area contributed by atoms with Gasteiger partial charge < -0.3 is 15.0 Å². The van der Waals surface area contributed by atoms with Crippen LogP contribution < -0.4 is 10.1 Å². The predicted octanol–water partition coefficient (Wildman–Crippen LogP) is 4.74. The lowest BCUT2D eigenvalue weighted by Gasteiger charge is -2.31. The highest BCUT2D eigenvalue weighted by atomic mass is 19.1. The second kappa shape index (κ2) is 11.3. The normalized spacial score (nSPS) is 11.6. The van der Waals surface area contributed by atoms with E-state index in [0.29, 0.717) is 11.3 Å². The number of benzene rings is 4. The fourth-order valence-electron chi connectivity index (χ4n) is 4.07. The number of carbonyl (C=O) groups excluding carboxylic acids is 2. The Hall–Kier alpha value is -4.19. The molecule has 178 valence electrons. The number of ether oxygens (including phenoxy) is 1. The van der Waals surface area contributed by atoms with Crippen molar-refractivity contribution in [3.63, 3.8) is 0 Å². The van der Waals surface area contributed by atoms with Crippen molar-refractivity contribution in [2.45, 2.75) is 19.0 Å². The number of fused-ring (bicyclic) bond motifs is 1. The molecule has 0 saturated carbocycles. The zero-order chi connectivity index (χ0) is 24.6. The summed E-state index contributed by atoms with van der Waals surface area (Å²) in [4.78, 5) is 27.9. The van der Waals surface area contributed by atoms with E-state index in [-0.39, 0.29) is 25.5 Å². The maximum absolute atomic E-state index is 14.5. The number of likely N-dealkylation sites (N-methyl/N-ethyl adjacent to an activating group) is 1. The summed E-state index contributed by atoms with van der Waals surface area (Å²) in [5.74, 6) is -0.605. The van der Waals surface area contributed by atoms with Gasteiger partial charge in [0.15, 0.2) is 6.61 Å². The second-order valence-electron chi connectivity index (χ2n) is 8.20. The molecule has 0 saturated heterocycles. The molecular weight excluding hydrogens is 443 g/mol. The third-order valence-corrected chi connectivity index (χ3v) is 5.92. The summed E-state index contributed by atoms with van der Waals surface area (Å²) in [6.45, 7) is -0.347. The van der Waals surface area contributed by atoms with Crippen LogP contribution in [0.15, 0.2) is 97.1 Å². The molecule has 2 amide bonds. The molecule has 0 unspecified atom stereocenters. The maximum atomic E-state index is 14.5. The first kappa shape index (κ1) is 24.0. The molecule has 0 aliphatic rings. The van der Waals surface area contributed by atoms with E-state index >= 15 is 0 Å². The Bertz CT molecular complexity index is 1300. The summed E-state index contributed by atoms with van der Waals surface area (Å²) in [7, 11) is 1.53. The fraction of sp³-hybridized carbons (Fsp3) is 0.172. The molecule has 0 heterocycles. The van der Waals surface area contributed by atoms with Gasteiger partial charge in [-0.2, -0.15) is 0 Å². The minimum absolute atomic E-state index is 0.0602. The summed E-state index contributed by atoms with van der Waals surface area (Å²) in [5.41, 5.74) is 1.22. The van der Waals surface area contributed by atoms with Crippen LogP contribution in [-0.4, -0.2) is 36.4 Å². The molecule has 4 aromatic carbocycles. The second-order valence-corrected chi connectivity index (χ2v) is 8.20. The third-order valence-electron chi connectivity index (χ3n) is 5.92. The van der Waals surface area contributed by atoms with Crippen molar-refractivity contribution in [2.75, 3.05) is 13.7 Å². The SMILES string of the molecule is CNC(=O)[C@H](Cc1ccccc1)N(Cc1ccccc1F)C(=O)COc1cccc2ccccc12. The Labute approximate surface area is 204 Å². The summed E-state index contributed by atoms with van der Waals surface area (Å²) >= 11 is 0. The van der Waals surface area contributed by atoms with Crippen molar-refractivity contribution >= 4 is 22.6 Å². The Morgan fingerprint density at radius 1 is 0.886 bits per heavy atom. The topological polar surface area (TPSA) is 58.6 Å². The highest BCUT2D eigenvalue weighted by Gasteiger charge is 2.30. The van der Waals surface area contributed by atoms with E-state index < -0.39 is 17.8 Å². The lowest BCUT2D eigenvalue weighted by Crippen LogP contribution is -2.51. The molecule has 0 spiro atoms. The number of nitrogens with one attached hydrogen (secondary N) is 1. The van der Waals surface area contributed by atoms with Crippen molar-refractivity contribution in [2.24, 2.45) is 0 Å². The van der Waals surface area contributed by atoms with Gasteiger partial charge in [-0.05, 0) is 23.1 Å². The van der Waals surface area contributed by atoms with Gasteiger partial charge in [-0.1, -0.05) is 84.9 Å². The van der Waals surface area contributed by atoms with Crippen LogP contribution in [-0.2, 0) is 22.6 Å². The summed E-state index contributed by atoms with van der Waals surface area (Å²) in [5, 5.41) is 4.53. The number of amides is 2. The van der Waals surface area contributed by atoms with Gasteiger partial charge in [0, 0.05) is 31.0 Å². The molecule has 0 fully saturated rings. The van der Waals surface area contributed by atoms with Gasteiger partial charge in [0.2, 0.25) is 5.91 Å². The van der Waals surface area contributed by atoms with Crippen LogP contribution in [0.25, 0.3) is 10.8 Å². The molecule has 0 aliphatic carbocycles. The number of rotatable bonds is 9. The standard InChI is InChI=1S/C29H27FN2O3/c1-31-29(34)26(18-21-10-3-2-4-11-21)32(19-23-13-6-8-16-25(23)30)28(33)20-35-27-17-9-14-22-12-5-7-15-24(22)27/h2-17,26H,18-20H2,1H3,(H,31,34)/t26-/m0/s1. The van der Waals surface area contributed by atoms with Crippen LogP contribution in [0.1, 0.15) is 11.1 Å². The van der Waals surface area contributed by atoms with E-state index in [9.17, 15) is 14.0 Å². The van der Waals surface area contributed by atoms with Crippen molar-refractivity contribution < 1.29 is 18.7 Å². The molecular formula is C29H27FN2O3. The third kappa shape index (κ3) is 5.84. The van der Waals surface area contributed by atoms with Crippen LogP contribution in [0.3, 0.4) is 0 Å². The number of nitrogens with zero attached hydrogens (tertiary/aromatic N) is 1. The minimum Gasteiger partial charge on any atom is -0.483 e. The molecule has 5 nitrogen and oxygen atoms in total. The van der Waals surface area contributed by atoms with E-state index in [1.807, 2.05) is 66.7 Å². The van der Waals surface area contributed by atoms with Gasteiger partial charge in [-0.3, -0.25) is 9.59 Å². The summed E-state index contributed by atoms with van der Waals surface area (Å²) in [6.07, 6.45) is 0.287. The molecule has 1 N–H and O–H groups in total. The smallest absolute Gasteiger partial charge is 0.261 e. The highest BCUT2D eigenvalue weighted by molar-refractivity contribution is 5.90. The van der Waals surface area contributed by atoms with Gasteiger partial charge in [0.05, 0.1) is 0 Å². The molecule has 0 bridgehead atoms. The van der Waals surface area contributed by atoms with Crippen LogP contribution in [0.4, 0.5) is 4.39 Å². The molecule has 1 atom stereocenters. The summed E-state index contributed by atoms with van der Waals surface area (Å²) < 4.78 is 20.5. The summed E-state index contributed by atoms with van der Waals surface area (Å²) in [6, 6.07) is 28.2. The average molecular weight is 471 g/mol. The van der Waals surface area contributed by atoms with E-state index in [1.165, 1.54) is 18.0 Å². The van der Waals surface area contributed by atoms with Crippen LogP contribution in [0.2, 0.25) is 0 Å². The van der Waals surface area contributed by atoms with E-state index in [0.717, 1.165) is 16.3 Å². The molecule has 0 radical (unpaired) electrons. The molecule has 0 aromatic heterocycles. The Morgan fingerprint density at radius 3 is 2.34 bits per heavy atom. The number of hydrogen-bond acceptors (Lipinski definition) is 3. The minimum atomic E-state index is -0.842. The van der Waals surface area contributed by atoms with Crippen molar-refractivity contribution in [3.05, 3.63) is 114 Å². The van der Waals surface area contributed by atoms with Crippen LogP contribution in [0.5, 0.6) is 5.75 Å². The Morgan fingerprint density at radius 2 is 1.57 bits per heavy atom. The first-order valence-corrected chi connectivity index (χ1v) is 11.5. The van der Waals surface area contributed by atoms with E-state index in [1.54, 1.807) is 24.3 Å². The zero-order valence-corrected chi connectivity index (χ0v) is 19.5. The quantitative estimate of drug-likeness (QED) is 0.384. The Kier molecular flexibility index (Phi) is 7.73. The lowest BCUT2D eigenvalue weighted by molar-refractivity contribution is -0.142. The molecule has 35 heavy (non-hydrogen) atoms. The van der Waals surface area contributed by atoms with Gasteiger partial charge >= 0.3 is 0 Å². The van der Waals surface area contributed by atoms with Gasteiger partial charge in [0.25, 0.3) is 5.91 Å². The van der Waals surface area contributed by atoms with Gasteiger partial charge in [0.1, 0.15) is 17.6 Å². The predicted molar refractivity (Wildman–Crippen MR) is 134 cm³/mol. The largest absolute Gasteiger partial charge is 0.483 e. The van der Waals surface area contributed by atoms with Crippen molar-refractivity contribution in [3.8, 4) is 5.75 Å². The first-order chi connectivity index (χ1) is 17.1. The van der Waals surface area contributed by atoms with Crippen LogP contribution in [0, 0.1) is 5.82 Å². The lowest BCUT2D eigenvalue weighted by atomic mass is 10.0. The Balaban J connectivity index is 1.63. The molecule has 0 aliphatic heterocycles. The van der Waals surface area contributed by atoms with Crippen molar-refractivity contribution in [1.29, 1.82) is 0 Å². The van der Waals surface area contributed by atoms with E-state index in [2.05, 4.69) is 5.32 Å². The molecule has 6 heteroatoms. The monoisotopic (exact) mass is 470 g/mol. The van der Waals surface area contributed by atoms with Crippen molar-refractivity contribution in [1.82, 2.24) is 10.2 Å². The number of hydrogen-bond donors (Lipinski definition) is 1. The zero-order valence-electron chi connectivity index (χ0n) is 19.5. The van der Waals surface area contributed by atoms with E-state index in [4.69, 9.17) is 4.74 Å². The van der Waals surface area contributed by atoms with Gasteiger partial charge in [-0.25, -0.2) is 4.39 Å². The fourth-order valence-corrected chi connectivity index (χ4v) is 4.07. The number of halogens is 1. The molecule has 4 rings (SSSR count). The average Bonchev–Trinajstić information content (AvgIpc) is 2.90. The number of carbonyl (C=O) groups is 2. The molecule has 4 aromatic rings. The highest BCUT2D eigenvalue weighted by Crippen LogP contribution is 2.25. The maximum Gasteiger partial charge on any atom is 0.261 e. The van der Waals surface area contributed by atoms with Crippen LogP contribution >= 0.6 is 0 Å².